The van der Waals surface area contributed by atoms with Crippen LogP contribution in [0.5, 0.6) is 0 Å². The molecule has 2 aromatic rings. The lowest BCUT2D eigenvalue weighted by molar-refractivity contribution is 0.161. The number of nitrogens with zero attached hydrogens (tertiary/aromatic N) is 3. The molecular weight excluding hydrogens is 236 g/mol. The molecule has 3 rings (SSSR count). The Morgan fingerprint density at radius 3 is 2.95 bits per heavy atom. The molecule has 0 spiro atoms. The lowest BCUT2D eigenvalue weighted by atomic mass is 10.2. The SMILES string of the molecule is CC1CNCCN1Cc1nccn1-c1ccccc1. The zero-order valence-corrected chi connectivity index (χ0v) is 11.3. The molecule has 100 valence electrons. The van der Waals surface area contributed by atoms with Gasteiger partial charge in [0.05, 0.1) is 6.54 Å². The number of imidazole rings is 1. The molecule has 4 nitrogen and oxygen atoms in total. The molecule has 0 radical (unpaired) electrons. The predicted molar refractivity (Wildman–Crippen MR) is 76.3 cm³/mol. The highest BCUT2D eigenvalue weighted by Crippen LogP contribution is 2.14. The highest BCUT2D eigenvalue weighted by Gasteiger charge is 2.19. The molecular formula is C15H20N4. The van der Waals surface area contributed by atoms with Crippen molar-refractivity contribution in [2.45, 2.75) is 19.5 Å². The molecule has 1 aliphatic heterocycles. The van der Waals surface area contributed by atoms with Gasteiger partial charge in [-0.25, -0.2) is 4.98 Å². The second kappa shape index (κ2) is 5.55. The van der Waals surface area contributed by atoms with Gasteiger partial charge in [0.25, 0.3) is 0 Å². The fourth-order valence-electron chi connectivity index (χ4n) is 2.57. The maximum Gasteiger partial charge on any atom is 0.127 e. The van der Waals surface area contributed by atoms with E-state index in [0.717, 1.165) is 32.0 Å². The van der Waals surface area contributed by atoms with Gasteiger partial charge in [0, 0.05) is 43.8 Å². The monoisotopic (exact) mass is 256 g/mol. The standard InChI is InChI=1S/C15H20N4/c1-13-11-16-7-9-18(13)12-15-17-8-10-19(15)14-5-3-2-4-6-14/h2-6,8,10,13,16H,7,9,11-12H2,1H3. The fraction of sp³-hybridized carbons (Fsp3) is 0.400. The Labute approximate surface area is 114 Å². The maximum atomic E-state index is 4.52. The summed E-state index contributed by atoms with van der Waals surface area (Å²) in [4.78, 5) is 7.01. The zero-order valence-electron chi connectivity index (χ0n) is 11.3. The van der Waals surface area contributed by atoms with E-state index >= 15 is 0 Å². The minimum atomic E-state index is 0.565. The molecule has 0 amide bonds. The number of para-hydroxylation sites is 1. The Hall–Kier alpha value is -1.65. The van der Waals surface area contributed by atoms with E-state index in [1.165, 1.54) is 5.69 Å². The summed E-state index contributed by atoms with van der Waals surface area (Å²) < 4.78 is 2.18. The second-order valence-corrected chi connectivity index (χ2v) is 5.07. The summed E-state index contributed by atoms with van der Waals surface area (Å²) in [6, 6.07) is 11.0. The minimum Gasteiger partial charge on any atom is -0.314 e. The van der Waals surface area contributed by atoms with Crippen molar-refractivity contribution in [1.29, 1.82) is 0 Å². The topological polar surface area (TPSA) is 33.1 Å². The molecule has 1 atom stereocenters. The van der Waals surface area contributed by atoms with Crippen LogP contribution in [0.3, 0.4) is 0 Å². The Bertz CT molecular complexity index is 520. The normalized spacial score (nSPS) is 20.6. The number of nitrogens with one attached hydrogen (secondary N) is 1. The van der Waals surface area contributed by atoms with Gasteiger partial charge < -0.3 is 9.88 Å². The Morgan fingerprint density at radius 2 is 2.16 bits per heavy atom. The van der Waals surface area contributed by atoms with Crippen LogP contribution in [0.1, 0.15) is 12.7 Å². The number of hydrogen-bond acceptors (Lipinski definition) is 3. The second-order valence-electron chi connectivity index (χ2n) is 5.07. The van der Waals surface area contributed by atoms with E-state index in [-0.39, 0.29) is 0 Å². The van der Waals surface area contributed by atoms with Gasteiger partial charge in [0.1, 0.15) is 5.82 Å². The summed E-state index contributed by atoms with van der Waals surface area (Å²) in [5.74, 6) is 1.11. The maximum absolute atomic E-state index is 4.52. The van der Waals surface area contributed by atoms with Gasteiger partial charge in [-0.15, -0.1) is 0 Å². The van der Waals surface area contributed by atoms with Crippen LogP contribution in [0.25, 0.3) is 5.69 Å². The number of rotatable bonds is 3. The molecule has 0 saturated carbocycles. The van der Waals surface area contributed by atoms with E-state index in [1.807, 2.05) is 18.5 Å². The van der Waals surface area contributed by atoms with Crippen molar-refractivity contribution in [3.8, 4) is 5.69 Å². The van der Waals surface area contributed by atoms with Crippen molar-refractivity contribution in [2.24, 2.45) is 0 Å². The van der Waals surface area contributed by atoms with E-state index in [1.54, 1.807) is 0 Å². The summed E-state index contributed by atoms with van der Waals surface area (Å²) in [5.41, 5.74) is 1.18. The van der Waals surface area contributed by atoms with Gasteiger partial charge in [-0.2, -0.15) is 0 Å². The van der Waals surface area contributed by atoms with Crippen LogP contribution in [0.2, 0.25) is 0 Å². The fourth-order valence-corrected chi connectivity index (χ4v) is 2.57. The summed E-state index contributed by atoms with van der Waals surface area (Å²) >= 11 is 0. The van der Waals surface area contributed by atoms with Crippen LogP contribution in [0, 0.1) is 0 Å². The molecule has 1 fully saturated rings. The van der Waals surface area contributed by atoms with Crippen molar-refractivity contribution in [2.75, 3.05) is 19.6 Å². The predicted octanol–water partition coefficient (Wildman–Crippen LogP) is 1.67. The average molecular weight is 256 g/mol. The van der Waals surface area contributed by atoms with Crippen molar-refractivity contribution in [3.05, 3.63) is 48.5 Å². The van der Waals surface area contributed by atoms with Crippen LogP contribution < -0.4 is 5.32 Å². The summed E-state index contributed by atoms with van der Waals surface area (Å²) in [7, 11) is 0. The third-order valence-electron chi connectivity index (χ3n) is 3.74. The largest absolute Gasteiger partial charge is 0.314 e. The van der Waals surface area contributed by atoms with Gasteiger partial charge in [-0.05, 0) is 19.1 Å². The minimum absolute atomic E-state index is 0.565. The molecule has 1 aromatic carbocycles. The third-order valence-corrected chi connectivity index (χ3v) is 3.74. The van der Waals surface area contributed by atoms with Crippen LogP contribution in [0.4, 0.5) is 0 Å². The number of hydrogen-bond donors (Lipinski definition) is 1. The molecule has 1 N–H and O–H groups in total. The lowest BCUT2D eigenvalue weighted by Crippen LogP contribution is -2.49. The Morgan fingerprint density at radius 1 is 1.32 bits per heavy atom. The van der Waals surface area contributed by atoms with Gasteiger partial charge in [0.2, 0.25) is 0 Å². The van der Waals surface area contributed by atoms with Crippen LogP contribution >= 0.6 is 0 Å². The first-order valence-electron chi connectivity index (χ1n) is 6.87. The molecule has 2 heterocycles. The molecule has 0 bridgehead atoms. The molecule has 1 aromatic heterocycles. The molecule has 1 saturated heterocycles. The van der Waals surface area contributed by atoms with Crippen molar-refractivity contribution in [1.82, 2.24) is 19.8 Å². The van der Waals surface area contributed by atoms with Crippen LogP contribution in [-0.2, 0) is 6.54 Å². The Kier molecular flexibility index (Phi) is 3.62. The molecule has 1 unspecified atom stereocenters. The van der Waals surface area contributed by atoms with Crippen LogP contribution in [0.15, 0.2) is 42.7 Å². The molecule has 19 heavy (non-hydrogen) atoms. The zero-order chi connectivity index (χ0) is 13.1. The summed E-state index contributed by atoms with van der Waals surface area (Å²) in [6.07, 6.45) is 3.92. The van der Waals surface area contributed by atoms with E-state index in [0.29, 0.717) is 6.04 Å². The van der Waals surface area contributed by atoms with Crippen molar-refractivity contribution >= 4 is 0 Å². The Balaban J connectivity index is 1.81. The van der Waals surface area contributed by atoms with E-state index in [2.05, 4.69) is 51.0 Å². The van der Waals surface area contributed by atoms with Gasteiger partial charge >= 0.3 is 0 Å². The highest BCUT2D eigenvalue weighted by atomic mass is 15.2. The highest BCUT2D eigenvalue weighted by molar-refractivity contribution is 5.32. The van der Waals surface area contributed by atoms with Crippen LogP contribution in [-0.4, -0.2) is 40.1 Å². The first-order chi connectivity index (χ1) is 9.34. The van der Waals surface area contributed by atoms with E-state index in [4.69, 9.17) is 0 Å². The number of aromatic nitrogens is 2. The first kappa shape index (κ1) is 12.4. The average Bonchev–Trinajstić information content (AvgIpc) is 2.91. The smallest absolute Gasteiger partial charge is 0.127 e. The molecule has 1 aliphatic rings. The van der Waals surface area contributed by atoms with Gasteiger partial charge in [0.15, 0.2) is 0 Å². The number of piperazine rings is 1. The molecule has 0 aliphatic carbocycles. The summed E-state index contributed by atoms with van der Waals surface area (Å²) in [6.45, 7) is 6.39. The van der Waals surface area contributed by atoms with Crippen molar-refractivity contribution in [3.63, 3.8) is 0 Å². The molecule has 4 heteroatoms. The van der Waals surface area contributed by atoms with Crippen molar-refractivity contribution < 1.29 is 0 Å². The van der Waals surface area contributed by atoms with Gasteiger partial charge in [-0.3, -0.25) is 4.90 Å². The quantitative estimate of drug-likeness (QED) is 0.907. The van der Waals surface area contributed by atoms with Gasteiger partial charge in [-0.1, -0.05) is 18.2 Å². The number of benzene rings is 1. The first-order valence-corrected chi connectivity index (χ1v) is 6.87. The summed E-state index contributed by atoms with van der Waals surface area (Å²) in [5, 5.41) is 3.42. The lowest BCUT2D eigenvalue weighted by Gasteiger charge is -2.33. The van der Waals surface area contributed by atoms with E-state index in [9.17, 15) is 0 Å². The van der Waals surface area contributed by atoms with E-state index < -0.39 is 0 Å². The third kappa shape index (κ3) is 2.69.